The van der Waals surface area contributed by atoms with E-state index < -0.39 is 29.9 Å². The SMILES string of the molecule is C[C@@H](O)C[C@@H](O)[C@H](Cc1cccc(Br)c1)NC(=O)OC(C)(C)C. The van der Waals surface area contributed by atoms with E-state index in [-0.39, 0.29) is 6.42 Å². The van der Waals surface area contributed by atoms with Crippen molar-refractivity contribution in [3.63, 3.8) is 0 Å². The number of aliphatic hydroxyl groups is 2. The first-order valence-corrected chi connectivity index (χ1v) is 8.46. The molecular weight excluding hydrogens is 362 g/mol. The average Bonchev–Trinajstić information content (AvgIpc) is 2.34. The maximum Gasteiger partial charge on any atom is 0.407 e. The molecule has 6 heteroatoms. The van der Waals surface area contributed by atoms with Gasteiger partial charge in [-0.3, -0.25) is 0 Å². The molecule has 0 radical (unpaired) electrons. The quantitative estimate of drug-likeness (QED) is 0.700. The number of aliphatic hydroxyl groups excluding tert-OH is 2. The summed E-state index contributed by atoms with van der Waals surface area (Å²) >= 11 is 3.41. The van der Waals surface area contributed by atoms with E-state index in [4.69, 9.17) is 4.74 Å². The minimum absolute atomic E-state index is 0.175. The minimum atomic E-state index is -0.874. The number of amides is 1. The molecule has 0 saturated carbocycles. The van der Waals surface area contributed by atoms with E-state index in [1.165, 1.54) is 0 Å². The first-order valence-electron chi connectivity index (χ1n) is 7.67. The van der Waals surface area contributed by atoms with E-state index in [9.17, 15) is 15.0 Å². The van der Waals surface area contributed by atoms with Gasteiger partial charge in [0.25, 0.3) is 0 Å². The van der Waals surface area contributed by atoms with E-state index in [1.807, 2.05) is 24.3 Å². The molecule has 0 heterocycles. The lowest BCUT2D eigenvalue weighted by atomic mass is 9.98. The molecule has 0 bridgehead atoms. The normalized spacial score (nSPS) is 15.6. The molecule has 0 spiro atoms. The molecule has 1 aromatic rings. The Hall–Kier alpha value is -1.11. The average molecular weight is 388 g/mol. The van der Waals surface area contributed by atoms with E-state index in [0.717, 1.165) is 10.0 Å². The number of benzene rings is 1. The van der Waals surface area contributed by atoms with Crippen LogP contribution in [0.3, 0.4) is 0 Å². The van der Waals surface area contributed by atoms with Gasteiger partial charge in [-0.25, -0.2) is 4.79 Å². The molecule has 5 nitrogen and oxygen atoms in total. The topological polar surface area (TPSA) is 78.8 Å². The number of carbonyl (C=O) groups excluding carboxylic acids is 1. The number of alkyl carbamates (subject to hydrolysis) is 1. The van der Waals surface area contributed by atoms with Crippen LogP contribution in [-0.4, -0.2) is 40.2 Å². The third-order valence-corrected chi connectivity index (χ3v) is 3.59. The van der Waals surface area contributed by atoms with Crippen LogP contribution in [-0.2, 0) is 11.2 Å². The summed E-state index contributed by atoms with van der Waals surface area (Å²) in [5.41, 5.74) is 0.352. The van der Waals surface area contributed by atoms with Crippen LogP contribution in [0.25, 0.3) is 0 Å². The fourth-order valence-corrected chi connectivity index (χ4v) is 2.62. The number of halogens is 1. The summed E-state index contributed by atoms with van der Waals surface area (Å²) in [5.74, 6) is 0. The molecule has 0 aromatic heterocycles. The van der Waals surface area contributed by atoms with Crippen LogP contribution in [0.15, 0.2) is 28.7 Å². The second-order valence-corrected chi connectivity index (χ2v) is 7.65. The second-order valence-electron chi connectivity index (χ2n) is 6.74. The van der Waals surface area contributed by atoms with E-state index in [0.29, 0.717) is 6.42 Å². The maximum absolute atomic E-state index is 12.0. The molecule has 0 aliphatic heterocycles. The van der Waals surface area contributed by atoms with Crippen LogP contribution in [0.1, 0.15) is 39.7 Å². The number of carbonyl (C=O) groups is 1. The van der Waals surface area contributed by atoms with Crippen LogP contribution < -0.4 is 5.32 Å². The van der Waals surface area contributed by atoms with Crippen molar-refractivity contribution in [2.45, 2.75) is 64.4 Å². The molecule has 3 N–H and O–H groups in total. The van der Waals surface area contributed by atoms with E-state index in [1.54, 1.807) is 27.7 Å². The lowest BCUT2D eigenvalue weighted by molar-refractivity contribution is 0.0330. The fraction of sp³-hybridized carbons (Fsp3) is 0.588. The number of ether oxygens (including phenoxy) is 1. The molecule has 3 atom stereocenters. The molecule has 1 aromatic carbocycles. The summed E-state index contributed by atoms with van der Waals surface area (Å²) in [4.78, 5) is 12.0. The molecule has 0 aliphatic rings. The summed E-state index contributed by atoms with van der Waals surface area (Å²) in [6.45, 7) is 6.94. The Morgan fingerprint density at radius 2 is 2.00 bits per heavy atom. The monoisotopic (exact) mass is 387 g/mol. The predicted octanol–water partition coefficient (Wildman–Crippen LogP) is 3.02. The van der Waals surface area contributed by atoms with Gasteiger partial charge in [0.1, 0.15) is 5.60 Å². The molecule has 23 heavy (non-hydrogen) atoms. The van der Waals surface area contributed by atoms with Crippen LogP contribution in [0.4, 0.5) is 4.79 Å². The van der Waals surface area contributed by atoms with Gasteiger partial charge in [-0.2, -0.15) is 0 Å². The van der Waals surface area contributed by atoms with Gasteiger partial charge in [-0.05, 0) is 51.8 Å². The highest BCUT2D eigenvalue weighted by Gasteiger charge is 2.25. The van der Waals surface area contributed by atoms with Gasteiger partial charge in [0, 0.05) is 10.9 Å². The van der Waals surface area contributed by atoms with Crippen LogP contribution in [0.2, 0.25) is 0 Å². The van der Waals surface area contributed by atoms with Crippen molar-refractivity contribution in [1.82, 2.24) is 5.32 Å². The summed E-state index contributed by atoms with van der Waals surface area (Å²) < 4.78 is 6.18. The smallest absolute Gasteiger partial charge is 0.407 e. The summed E-state index contributed by atoms with van der Waals surface area (Å²) in [7, 11) is 0. The Morgan fingerprint density at radius 1 is 1.35 bits per heavy atom. The predicted molar refractivity (Wildman–Crippen MR) is 93.3 cm³/mol. The Kier molecular flexibility index (Phi) is 7.51. The second kappa shape index (κ2) is 8.66. The number of rotatable bonds is 6. The molecule has 0 saturated heterocycles. The number of hydrogen-bond acceptors (Lipinski definition) is 4. The van der Waals surface area contributed by atoms with Gasteiger partial charge in [0.2, 0.25) is 0 Å². The van der Waals surface area contributed by atoms with Crippen molar-refractivity contribution in [2.75, 3.05) is 0 Å². The standard InChI is InChI=1S/C17H26BrNO4/c1-11(20)8-15(21)14(19-16(22)23-17(2,3)4)10-12-6-5-7-13(18)9-12/h5-7,9,11,14-15,20-21H,8,10H2,1-4H3,(H,19,22)/t11-,14+,15-/m1/s1. The van der Waals surface area contributed by atoms with Gasteiger partial charge in [0.05, 0.1) is 18.2 Å². The highest BCUT2D eigenvalue weighted by Crippen LogP contribution is 2.16. The first-order chi connectivity index (χ1) is 10.6. The van der Waals surface area contributed by atoms with Crippen LogP contribution >= 0.6 is 15.9 Å². The minimum Gasteiger partial charge on any atom is -0.444 e. The first kappa shape index (κ1) is 19.9. The zero-order valence-corrected chi connectivity index (χ0v) is 15.6. The van der Waals surface area contributed by atoms with Crippen molar-refractivity contribution in [3.05, 3.63) is 34.3 Å². The van der Waals surface area contributed by atoms with Crippen molar-refractivity contribution >= 4 is 22.0 Å². The van der Waals surface area contributed by atoms with Crippen molar-refractivity contribution in [3.8, 4) is 0 Å². The Balaban J connectivity index is 2.82. The number of nitrogens with one attached hydrogen (secondary N) is 1. The van der Waals surface area contributed by atoms with Gasteiger partial charge in [-0.1, -0.05) is 28.1 Å². The Labute approximate surface area is 146 Å². The highest BCUT2D eigenvalue weighted by atomic mass is 79.9. The zero-order chi connectivity index (χ0) is 17.6. The highest BCUT2D eigenvalue weighted by molar-refractivity contribution is 9.10. The largest absolute Gasteiger partial charge is 0.444 e. The molecule has 0 unspecified atom stereocenters. The van der Waals surface area contributed by atoms with Crippen molar-refractivity contribution in [1.29, 1.82) is 0 Å². The Morgan fingerprint density at radius 3 is 2.52 bits per heavy atom. The van der Waals surface area contributed by atoms with Crippen LogP contribution in [0, 0.1) is 0 Å². The molecular formula is C17H26BrNO4. The molecule has 0 aliphatic carbocycles. The van der Waals surface area contributed by atoms with Crippen LogP contribution in [0.5, 0.6) is 0 Å². The van der Waals surface area contributed by atoms with Gasteiger partial charge in [-0.15, -0.1) is 0 Å². The van der Waals surface area contributed by atoms with Crippen molar-refractivity contribution < 1.29 is 19.7 Å². The van der Waals surface area contributed by atoms with Gasteiger partial charge in [0.15, 0.2) is 0 Å². The molecule has 1 amide bonds. The molecule has 1 rings (SSSR count). The summed E-state index contributed by atoms with van der Waals surface area (Å²) in [6, 6.07) is 7.10. The summed E-state index contributed by atoms with van der Waals surface area (Å²) in [5, 5.41) is 22.5. The molecule has 0 fully saturated rings. The van der Waals surface area contributed by atoms with Gasteiger partial charge < -0.3 is 20.3 Å². The van der Waals surface area contributed by atoms with Crippen molar-refractivity contribution in [2.24, 2.45) is 0 Å². The third-order valence-electron chi connectivity index (χ3n) is 3.09. The number of hydrogen-bond donors (Lipinski definition) is 3. The lowest BCUT2D eigenvalue weighted by Gasteiger charge is -2.27. The Bertz CT molecular complexity index is 514. The fourth-order valence-electron chi connectivity index (χ4n) is 2.17. The maximum atomic E-state index is 12.0. The van der Waals surface area contributed by atoms with E-state index >= 15 is 0 Å². The zero-order valence-electron chi connectivity index (χ0n) is 14.0. The third kappa shape index (κ3) is 8.34. The van der Waals surface area contributed by atoms with E-state index in [2.05, 4.69) is 21.2 Å². The molecule has 130 valence electrons. The van der Waals surface area contributed by atoms with Gasteiger partial charge >= 0.3 is 6.09 Å². The lowest BCUT2D eigenvalue weighted by Crippen LogP contribution is -2.47. The summed E-state index contributed by atoms with van der Waals surface area (Å²) in [6.07, 6.45) is -1.50.